The lowest BCUT2D eigenvalue weighted by Gasteiger charge is -2.20. The number of ether oxygens (including phenoxy) is 1. The van der Waals surface area contributed by atoms with E-state index in [1.807, 2.05) is 4.83 Å². The van der Waals surface area contributed by atoms with E-state index < -0.39 is 28.0 Å². The van der Waals surface area contributed by atoms with Gasteiger partial charge in [-0.1, -0.05) is 19.3 Å². The fourth-order valence-electron chi connectivity index (χ4n) is 2.46. The first-order valence-electron chi connectivity index (χ1n) is 7.35. The van der Waals surface area contributed by atoms with Crippen molar-refractivity contribution in [3.8, 4) is 5.75 Å². The maximum absolute atomic E-state index is 12.1. The van der Waals surface area contributed by atoms with Crippen LogP contribution in [0.1, 0.15) is 32.1 Å². The first-order chi connectivity index (χ1) is 11.2. The molecular weight excluding hydrogens is 349 g/mol. The number of carbonyl (C=O) groups excluding carboxylic acids is 1. The molecule has 24 heavy (non-hydrogen) atoms. The smallest absolute Gasteiger partial charge is 0.406 e. The van der Waals surface area contributed by atoms with Crippen molar-refractivity contribution in [3.63, 3.8) is 0 Å². The van der Waals surface area contributed by atoms with Crippen molar-refractivity contribution in [1.29, 1.82) is 0 Å². The molecule has 1 amide bonds. The van der Waals surface area contributed by atoms with E-state index in [0.29, 0.717) is 12.8 Å². The van der Waals surface area contributed by atoms with E-state index in [0.717, 1.165) is 43.5 Å². The maximum atomic E-state index is 12.1. The average Bonchev–Trinajstić information content (AvgIpc) is 2.52. The Morgan fingerprint density at radius 3 is 2.21 bits per heavy atom. The van der Waals surface area contributed by atoms with Gasteiger partial charge in [0.05, 0.1) is 4.90 Å². The summed E-state index contributed by atoms with van der Waals surface area (Å²) in [6.45, 7) is 0. The SMILES string of the molecule is O=C(NNS(=O)(=O)c1ccc(OC(F)(F)F)cc1)C1CCCCC1. The van der Waals surface area contributed by atoms with E-state index in [4.69, 9.17) is 0 Å². The first-order valence-corrected chi connectivity index (χ1v) is 8.83. The second-order valence-electron chi connectivity index (χ2n) is 5.45. The van der Waals surface area contributed by atoms with E-state index in [2.05, 4.69) is 10.2 Å². The zero-order valence-corrected chi connectivity index (χ0v) is 13.4. The number of halogens is 3. The third-order valence-corrected chi connectivity index (χ3v) is 4.92. The van der Waals surface area contributed by atoms with Crippen LogP contribution in [0.2, 0.25) is 0 Å². The van der Waals surface area contributed by atoms with Crippen molar-refractivity contribution in [1.82, 2.24) is 10.3 Å². The molecule has 1 aromatic rings. The van der Waals surface area contributed by atoms with Gasteiger partial charge in [-0.15, -0.1) is 18.0 Å². The molecule has 0 saturated heterocycles. The predicted molar refractivity (Wildman–Crippen MR) is 78.2 cm³/mol. The number of hydrogen-bond donors (Lipinski definition) is 2. The molecule has 10 heteroatoms. The van der Waals surface area contributed by atoms with Crippen LogP contribution in [-0.2, 0) is 14.8 Å². The van der Waals surface area contributed by atoms with Crippen LogP contribution in [0.25, 0.3) is 0 Å². The van der Waals surface area contributed by atoms with Crippen molar-refractivity contribution < 1.29 is 31.1 Å². The Bertz CT molecular complexity index is 668. The number of benzene rings is 1. The highest BCUT2D eigenvalue weighted by Crippen LogP contribution is 2.24. The molecule has 0 radical (unpaired) electrons. The summed E-state index contributed by atoms with van der Waals surface area (Å²) in [5.41, 5.74) is 2.16. The summed E-state index contributed by atoms with van der Waals surface area (Å²) in [5.74, 6) is -1.17. The molecule has 0 atom stereocenters. The molecule has 1 fully saturated rings. The molecule has 2 rings (SSSR count). The quantitative estimate of drug-likeness (QED) is 0.784. The van der Waals surface area contributed by atoms with Crippen LogP contribution in [0.3, 0.4) is 0 Å². The molecule has 1 aliphatic carbocycles. The van der Waals surface area contributed by atoms with Crippen LogP contribution in [0.15, 0.2) is 29.2 Å². The Hall–Kier alpha value is -1.81. The summed E-state index contributed by atoms with van der Waals surface area (Å²) < 4.78 is 63.9. The highest BCUT2D eigenvalue weighted by Gasteiger charge is 2.31. The van der Waals surface area contributed by atoms with Crippen LogP contribution in [-0.4, -0.2) is 20.7 Å². The Kier molecular flexibility index (Phi) is 5.70. The van der Waals surface area contributed by atoms with Crippen LogP contribution >= 0.6 is 0 Å². The molecule has 6 nitrogen and oxygen atoms in total. The van der Waals surface area contributed by atoms with Crippen molar-refractivity contribution in [3.05, 3.63) is 24.3 Å². The van der Waals surface area contributed by atoms with E-state index in [-0.39, 0.29) is 10.8 Å². The fourth-order valence-corrected chi connectivity index (χ4v) is 3.31. The van der Waals surface area contributed by atoms with Crippen LogP contribution < -0.4 is 15.0 Å². The van der Waals surface area contributed by atoms with Crippen molar-refractivity contribution in [2.24, 2.45) is 5.92 Å². The van der Waals surface area contributed by atoms with Gasteiger partial charge in [0.15, 0.2) is 0 Å². The van der Waals surface area contributed by atoms with Crippen molar-refractivity contribution in [2.45, 2.75) is 43.4 Å². The average molecular weight is 366 g/mol. The molecule has 0 aliphatic heterocycles. The van der Waals surface area contributed by atoms with Gasteiger partial charge < -0.3 is 4.74 Å². The number of rotatable bonds is 5. The minimum atomic E-state index is -4.85. The zero-order chi connectivity index (χ0) is 17.8. The Labute approximate surface area is 137 Å². The molecule has 134 valence electrons. The first kappa shape index (κ1) is 18.5. The molecule has 0 spiro atoms. The number of hydrogen-bond acceptors (Lipinski definition) is 4. The summed E-state index contributed by atoms with van der Waals surface area (Å²) in [6.07, 6.45) is -0.542. The number of carbonyl (C=O) groups is 1. The number of nitrogens with one attached hydrogen (secondary N) is 2. The summed E-state index contributed by atoms with van der Waals surface area (Å²) in [6, 6.07) is 3.67. The highest BCUT2D eigenvalue weighted by molar-refractivity contribution is 7.89. The lowest BCUT2D eigenvalue weighted by Crippen LogP contribution is -2.44. The molecule has 0 heterocycles. The molecule has 2 N–H and O–H groups in total. The number of alkyl halides is 3. The Balaban J connectivity index is 1.95. The second kappa shape index (κ2) is 7.39. The van der Waals surface area contributed by atoms with Gasteiger partial charge in [0, 0.05) is 5.92 Å². The Morgan fingerprint density at radius 1 is 1.08 bits per heavy atom. The Morgan fingerprint density at radius 2 is 1.67 bits per heavy atom. The summed E-state index contributed by atoms with van der Waals surface area (Å²) in [5, 5.41) is 0. The second-order valence-corrected chi connectivity index (χ2v) is 7.13. The van der Waals surface area contributed by atoms with Crippen molar-refractivity contribution in [2.75, 3.05) is 0 Å². The third kappa shape index (κ3) is 5.38. The summed E-state index contributed by atoms with van der Waals surface area (Å²) in [4.78, 5) is 13.6. The number of sulfonamides is 1. The third-order valence-electron chi connectivity index (χ3n) is 3.65. The normalized spacial score (nSPS) is 16.6. The topological polar surface area (TPSA) is 84.5 Å². The molecule has 0 unspecified atom stereocenters. The summed E-state index contributed by atoms with van der Waals surface area (Å²) >= 11 is 0. The van der Waals surface area contributed by atoms with Crippen LogP contribution in [0, 0.1) is 5.92 Å². The van der Waals surface area contributed by atoms with E-state index in [9.17, 15) is 26.4 Å². The van der Waals surface area contributed by atoms with E-state index in [1.165, 1.54) is 0 Å². The van der Waals surface area contributed by atoms with Gasteiger partial charge in [0.1, 0.15) is 5.75 Å². The number of hydrazine groups is 1. The van der Waals surface area contributed by atoms with Gasteiger partial charge in [-0.05, 0) is 37.1 Å². The molecule has 1 aromatic carbocycles. The highest BCUT2D eigenvalue weighted by atomic mass is 32.2. The van der Waals surface area contributed by atoms with E-state index in [1.54, 1.807) is 0 Å². The van der Waals surface area contributed by atoms with Gasteiger partial charge in [-0.25, -0.2) is 8.42 Å². The lowest BCUT2D eigenvalue weighted by molar-refractivity contribution is -0.274. The van der Waals surface area contributed by atoms with E-state index >= 15 is 0 Å². The number of amides is 1. The standard InChI is InChI=1S/C14H17F3N2O4S/c15-14(16,17)23-11-6-8-12(9-7-11)24(21,22)19-18-13(20)10-4-2-1-3-5-10/h6-10,19H,1-5H2,(H,18,20). The van der Waals surface area contributed by atoms with Gasteiger partial charge in [-0.2, -0.15) is 0 Å². The van der Waals surface area contributed by atoms with Gasteiger partial charge in [0.2, 0.25) is 5.91 Å². The largest absolute Gasteiger partial charge is 0.573 e. The molecule has 0 bridgehead atoms. The van der Waals surface area contributed by atoms with Crippen molar-refractivity contribution >= 4 is 15.9 Å². The minimum absolute atomic E-state index is 0.232. The van der Waals surface area contributed by atoms with Gasteiger partial charge >= 0.3 is 6.36 Å². The fraction of sp³-hybridized carbons (Fsp3) is 0.500. The predicted octanol–water partition coefficient (Wildman–Crippen LogP) is 2.48. The maximum Gasteiger partial charge on any atom is 0.573 e. The summed E-state index contributed by atoms with van der Waals surface area (Å²) in [7, 11) is -4.07. The van der Waals surface area contributed by atoms with Crippen LogP contribution in [0.4, 0.5) is 13.2 Å². The lowest BCUT2D eigenvalue weighted by atomic mass is 9.89. The molecule has 1 saturated carbocycles. The molecular formula is C14H17F3N2O4S. The molecule has 0 aromatic heterocycles. The molecule has 1 aliphatic rings. The minimum Gasteiger partial charge on any atom is -0.406 e. The van der Waals surface area contributed by atoms with Gasteiger partial charge in [-0.3, -0.25) is 10.2 Å². The monoisotopic (exact) mass is 366 g/mol. The van der Waals surface area contributed by atoms with Crippen LogP contribution in [0.5, 0.6) is 5.75 Å². The zero-order valence-electron chi connectivity index (χ0n) is 12.6. The van der Waals surface area contributed by atoms with Gasteiger partial charge in [0.25, 0.3) is 10.0 Å².